The van der Waals surface area contributed by atoms with Crippen LogP contribution in [0.2, 0.25) is 5.02 Å². The van der Waals surface area contributed by atoms with Crippen molar-refractivity contribution in [3.63, 3.8) is 0 Å². The zero-order valence-electron chi connectivity index (χ0n) is 16.9. The summed E-state index contributed by atoms with van der Waals surface area (Å²) in [7, 11) is 0. The number of para-hydroxylation sites is 1. The van der Waals surface area contributed by atoms with Crippen LogP contribution >= 0.6 is 11.6 Å². The molecule has 0 spiro atoms. The maximum atomic E-state index is 6.24. The van der Waals surface area contributed by atoms with Crippen molar-refractivity contribution in [2.45, 2.75) is 0 Å². The molecule has 0 bridgehead atoms. The Morgan fingerprint density at radius 2 is 1.12 bits per heavy atom. The Hall–Kier alpha value is -4.02. The van der Waals surface area contributed by atoms with E-state index in [1.165, 1.54) is 0 Å². The van der Waals surface area contributed by atoms with Crippen molar-refractivity contribution in [2.24, 2.45) is 0 Å². The number of furan rings is 1. The molecule has 0 aliphatic carbocycles. The smallest absolute Gasteiger partial charge is 0.164 e. The van der Waals surface area contributed by atoms with Crippen LogP contribution in [-0.2, 0) is 0 Å². The topological polar surface area (TPSA) is 51.8 Å². The van der Waals surface area contributed by atoms with Gasteiger partial charge in [-0.1, -0.05) is 72.3 Å². The van der Waals surface area contributed by atoms with Crippen LogP contribution in [0.5, 0.6) is 0 Å². The lowest BCUT2D eigenvalue weighted by atomic mass is 10.1. The van der Waals surface area contributed by atoms with Gasteiger partial charge in [0, 0.05) is 32.5 Å². The highest BCUT2D eigenvalue weighted by Crippen LogP contribution is 2.32. The second-order valence-electron chi connectivity index (χ2n) is 7.49. The molecular formula is C27H16ClN3O. The van der Waals surface area contributed by atoms with E-state index in [1.807, 2.05) is 84.9 Å². The Morgan fingerprint density at radius 3 is 1.91 bits per heavy atom. The van der Waals surface area contributed by atoms with E-state index in [0.717, 1.165) is 38.6 Å². The van der Waals surface area contributed by atoms with E-state index in [1.54, 1.807) is 0 Å². The Balaban J connectivity index is 1.58. The number of rotatable bonds is 3. The number of halogens is 1. The molecule has 0 N–H and O–H groups in total. The Morgan fingerprint density at radius 1 is 0.500 bits per heavy atom. The summed E-state index contributed by atoms with van der Waals surface area (Å²) in [5.74, 6) is 1.79. The number of benzene rings is 4. The first-order valence-corrected chi connectivity index (χ1v) is 10.6. The third-order valence-electron chi connectivity index (χ3n) is 5.39. The lowest BCUT2D eigenvalue weighted by molar-refractivity contribution is 0.669. The molecule has 6 rings (SSSR count). The van der Waals surface area contributed by atoms with Gasteiger partial charge in [0.15, 0.2) is 17.5 Å². The van der Waals surface area contributed by atoms with E-state index in [0.29, 0.717) is 22.5 Å². The fourth-order valence-corrected chi connectivity index (χ4v) is 4.03. The van der Waals surface area contributed by atoms with E-state index < -0.39 is 0 Å². The van der Waals surface area contributed by atoms with Gasteiger partial charge in [0.25, 0.3) is 0 Å². The molecule has 0 saturated heterocycles. The molecule has 0 aliphatic rings. The SMILES string of the molecule is Clc1cccc(-c2nc(-c3ccccc3)nc(-c3ccc4oc5ccccc5c4c3)n2)c1. The van der Waals surface area contributed by atoms with Crippen LogP contribution < -0.4 is 0 Å². The van der Waals surface area contributed by atoms with Crippen LogP contribution in [0.15, 0.2) is 101 Å². The summed E-state index contributed by atoms with van der Waals surface area (Å²) in [5, 5.41) is 2.73. The van der Waals surface area contributed by atoms with Crippen molar-refractivity contribution in [3.05, 3.63) is 102 Å². The molecule has 32 heavy (non-hydrogen) atoms. The van der Waals surface area contributed by atoms with Gasteiger partial charge in [0.2, 0.25) is 0 Å². The second kappa shape index (κ2) is 7.59. The van der Waals surface area contributed by atoms with E-state index in [2.05, 4.69) is 12.1 Å². The molecule has 5 heteroatoms. The molecule has 0 radical (unpaired) electrons. The van der Waals surface area contributed by atoms with E-state index >= 15 is 0 Å². The summed E-state index contributed by atoms with van der Waals surface area (Å²) in [6.45, 7) is 0. The third-order valence-corrected chi connectivity index (χ3v) is 5.62. The highest BCUT2D eigenvalue weighted by atomic mass is 35.5. The summed E-state index contributed by atoms with van der Waals surface area (Å²) in [4.78, 5) is 14.4. The Bertz CT molecular complexity index is 1590. The normalized spacial score (nSPS) is 11.3. The zero-order chi connectivity index (χ0) is 21.5. The first kappa shape index (κ1) is 18.7. The lowest BCUT2D eigenvalue weighted by Gasteiger charge is -2.08. The number of hydrogen-bond donors (Lipinski definition) is 0. The van der Waals surface area contributed by atoms with Gasteiger partial charge in [-0.2, -0.15) is 0 Å². The number of hydrogen-bond acceptors (Lipinski definition) is 4. The molecule has 0 aliphatic heterocycles. The van der Waals surface area contributed by atoms with Crippen molar-refractivity contribution in [1.82, 2.24) is 15.0 Å². The summed E-state index contributed by atoms with van der Waals surface area (Å²) < 4.78 is 5.97. The van der Waals surface area contributed by atoms with Crippen LogP contribution in [-0.4, -0.2) is 15.0 Å². The average Bonchev–Trinajstić information content (AvgIpc) is 3.22. The van der Waals surface area contributed by atoms with Crippen LogP contribution in [0.4, 0.5) is 0 Å². The van der Waals surface area contributed by atoms with Crippen molar-refractivity contribution in [2.75, 3.05) is 0 Å². The average molecular weight is 434 g/mol. The van der Waals surface area contributed by atoms with Crippen LogP contribution in [0.25, 0.3) is 56.1 Å². The Labute approximate surface area is 189 Å². The van der Waals surface area contributed by atoms with E-state index in [-0.39, 0.29) is 0 Å². The molecule has 4 aromatic carbocycles. The minimum Gasteiger partial charge on any atom is -0.456 e. The van der Waals surface area contributed by atoms with Gasteiger partial charge in [-0.15, -0.1) is 0 Å². The maximum absolute atomic E-state index is 6.24. The van der Waals surface area contributed by atoms with Gasteiger partial charge >= 0.3 is 0 Å². The maximum Gasteiger partial charge on any atom is 0.164 e. The molecule has 0 atom stereocenters. The molecule has 0 saturated carbocycles. The minimum atomic E-state index is 0.577. The van der Waals surface area contributed by atoms with Gasteiger partial charge in [0.1, 0.15) is 11.2 Å². The van der Waals surface area contributed by atoms with Crippen molar-refractivity contribution >= 4 is 33.5 Å². The molecule has 152 valence electrons. The summed E-state index contributed by atoms with van der Waals surface area (Å²) in [5.41, 5.74) is 4.36. The Kier molecular flexibility index (Phi) is 4.44. The van der Waals surface area contributed by atoms with E-state index in [4.69, 9.17) is 31.0 Å². The van der Waals surface area contributed by atoms with Crippen LogP contribution in [0.1, 0.15) is 0 Å². The molecular weight excluding hydrogens is 418 g/mol. The summed E-state index contributed by atoms with van der Waals surface area (Å²) in [6.07, 6.45) is 0. The quantitative estimate of drug-likeness (QED) is 0.291. The van der Waals surface area contributed by atoms with Gasteiger partial charge < -0.3 is 4.42 Å². The van der Waals surface area contributed by atoms with Crippen LogP contribution in [0, 0.1) is 0 Å². The standard InChI is InChI=1S/C27H16ClN3O/c28-20-10-6-9-18(15-20)26-29-25(17-7-2-1-3-8-17)30-27(31-26)19-13-14-24-22(16-19)21-11-4-5-12-23(21)32-24/h1-16H. The molecule has 0 fully saturated rings. The zero-order valence-corrected chi connectivity index (χ0v) is 17.6. The molecule has 0 unspecified atom stereocenters. The van der Waals surface area contributed by atoms with Gasteiger partial charge in [0.05, 0.1) is 0 Å². The van der Waals surface area contributed by atoms with Crippen molar-refractivity contribution < 1.29 is 4.42 Å². The van der Waals surface area contributed by atoms with Gasteiger partial charge in [-0.25, -0.2) is 15.0 Å². The number of fused-ring (bicyclic) bond motifs is 3. The fourth-order valence-electron chi connectivity index (χ4n) is 3.84. The van der Waals surface area contributed by atoms with Crippen molar-refractivity contribution in [1.29, 1.82) is 0 Å². The fraction of sp³-hybridized carbons (Fsp3) is 0. The van der Waals surface area contributed by atoms with Crippen LogP contribution in [0.3, 0.4) is 0 Å². The molecule has 2 aromatic heterocycles. The predicted octanol–water partition coefficient (Wildman–Crippen LogP) is 7.43. The molecule has 6 aromatic rings. The van der Waals surface area contributed by atoms with Crippen molar-refractivity contribution in [3.8, 4) is 34.2 Å². The summed E-state index contributed by atoms with van der Waals surface area (Å²) in [6, 6.07) is 31.5. The number of aromatic nitrogens is 3. The molecule has 4 nitrogen and oxygen atoms in total. The minimum absolute atomic E-state index is 0.577. The highest BCUT2D eigenvalue weighted by molar-refractivity contribution is 6.30. The first-order chi connectivity index (χ1) is 15.7. The second-order valence-corrected chi connectivity index (χ2v) is 7.93. The largest absolute Gasteiger partial charge is 0.456 e. The molecule has 2 heterocycles. The lowest BCUT2D eigenvalue weighted by Crippen LogP contribution is -2.00. The third kappa shape index (κ3) is 3.31. The highest BCUT2D eigenvalue weighted by Gasteiger charge is 2.14. The first-order valence-electron chi connectivity index (χ1n) is 10.2. The monoisotopic (exact) mass is 433 g/mol. The van der Waals surface area contributed by atoms with E-state index in [9.17, 15) is 0 Å². The number of nitrogens with zero attached hydrogens (tertiary/aromatic N) is 3. The summed E-state index contributed by atoms with van der Waals surface area (Å²) >= 11 is 6.24. The van der Waals surface area contributed by atoms with Gasteiger partial charge in [-0.05, 0) is 36.4 Å². The predicted molar refractivity (Wildman–Crippen MR) is 128 cm³/mol. The van der Waals surface area contributed by atoms with Gasteiger partial charge in [-0.3, -0.25) is 0 Å². The molecule has 0 amide bonds.